The van der Waals surface area contributed by atoms with Crippen LogP contribution in [0.1, 0.15) is 31.7 Å². The van der Waals surface area contributed by atoms with Gasteiger partial charge in [0, 0.05) is 26.1 Å². The van der Waals surface area contributed by atoms with Gasteiger partial charge in [-0.3, -0.25) is 9.69 Å². The molecule has 110 valence electrons. The summed E-state index contributed by atoms with van der Waals surface area (Å²) in [7, 11) is 0. The van der Waals surface area contributed by atoms with Crippen LogP contribution < -0.4 is 5.32 Å². The lowest BCUT2D eigenvalue weighted by molar-refractivity contribution is -0.119. The number of carbonyl (C=O) groups is 1. The maximum Gasteiger partial charge on any atom is 0.216 e. The van der Waals surface area contributed by atoms with E-state index >= 15 is 0 Å². The van der Waals surface area contributed by atoms with E-state index in [0.29, 0.717) is 6.04 Å². The molecule has 1 amide bonds. The van der Waals surface area contributed by atoms with E-state index in [1.54, 1.807) is 19.1 Å². The number of hydrogen-bond donors (Lipinski definition) is 1. The number of rotatable bonds is 5. The van der Waals surface area contributed by atoms with Crippen LogP contribution in [-0.4, -0.2) is 36.5 Å². The summed E-state index contributed by atoms with van der Waals surface area (Å²) >= 11 is 0. The Labute approximate surface area is 120 Å². The number of benzene rings is 1. The number of likely N-dealkylation sites (tertiary alicyclic amines) is 1. The molecule has 4 heteroatoms. The molecule has 0 spiro atoms. The lowest BCUT2D eigenvalue weighted by Gasteiger charge is -2.35. The third kappa shape index (κ3) is 4.60. The van der Waals surface area contributed by atoms with Crippen LogP contribution in [0.25, 0.3) is 0 Å². The second-order valence-corrected chi connectivity index (χ2v) is 5.50. The number of amides is 1. The quantitative estimate of drug-likeness (QED) is 0.896. The van der Waals surface area contributed by atoms with Crippen LogP contribution >= 0.6 is 0 Å². The zero-order valence-corrected chi connectivity index (χ0v) is 12.1. The maximum atomic E-state index is 13.2. The van der Waals surface area contributed by atoms with Gasteiger partial charge < -0.3 is 5.32 Å². The van der Waals surface area contributed by atoms with Crippen molar-refractivity contribution >= 4 is 5.91 Å². The van der Waals surface area contributed by atoms with Crippen molar-refractivity contribution in [1.82, 2.24) is 10.2 Å². The van der Waals surface area contributed by atoms with Crippen molar-refractivity contribution in [3.8, 4) is 0 Å². The van der Waals surface area contributed by atoms with Crippen molar-refractivity contribution in [1.29, 1.82) is 0 Å². The van der Waals surface area contributed by atoms with Gasteiger partial charge in [0.1, 0.15) is 5.82 Å². The molecule has 1 aromatic carbocycles. The van der Waals surface area contributed by atoms with Crippen LogP contribution in [0, 0.1) is 5.82 Å². The van der Waals surface area contributed by atoms with Gasteiger partial charge in [0.2, 0.25) is 5.91 Å². The maximum absolute atomic E-state index is 13.2. The van der Waals surface area contributed by atoms with Gasteiger partial charge in [-0.25, -0.2) is 4.39 Å². The van der Waals surface area contributed by atoms with Crippen molar-refractivity contribution in [3.05, 3.63) is 35.6 Å². The highest BCUT2D eigenvalue weighted by atomic mass is 19.1. The summed E-state index contributed by atoms with van der Waals surface area (Å²) < 4.78 is 13.2. The van der Waals surface area contributed by atoms with Gasteiger partial charge in [0.15, 0.2) is 0 Å². The normalized spacial score (nSPS) is 19.8. The van der Waals surface area contributed by atoms with Crippen LogP contribution in [0.15, 0.2) is 24.3 Å². The molecule has 1 unspecified atom stereocenters. The van der Waals surface area contributed by atoms with Gasteiger partial charge >= 0.3 is 0 Å². The highest BCUT2D eigenvalue weighted by Crippen LogP contribution is 2.17. The lowest BCUT2D eigenvalue weighted by Crippen LogP contribution is -2.47. The fourth-order valence-corrected chi connectivity index (χ4v) is 2.81. The topological polar surface area (TPSA) is 32.3 Å². The molecule has 20 heavy (non-hydrogen) atoms. The minimum Gasteiger partial charge on any atom is -0.355 e. The van der Waals surface area contributed by atoms with Crippen LogP contribution in [0.4, 0.5) is 4.39 Å². The van der Waals surface area contributed by atoms with E-state index in [9.17, 15) is 9.18 Å². The van der Waals surface area contributed by atoms with E-state index in [0.717, 1.165) is 38.0 Å². The smallest absolute Gasteiger partial charge is 0.216 e. The monoisotopic (exact) mass is 278 g/mol. The molecule has 1 atom stereocenters. The van der Waals surface area contributed by atoms with Gasteiger partial charge in [-0.1, -0.05) is 18.6 Å². The third-order valence-electron chi connectivity index (χ3n) is 3.91. The molecule has 1 aliphatic heterocycles. The number of nitrogens with one attached hydrogen (secondary N) is 1. The summed E-state index contributed by atoms with van der Waals surface area (Å²) in [5.41, 5.74) is 1.04. The van der Waals surface area contributed by atoms with E-state index in [4.69, 9.17) is 0 Å². The van der Waals surface area contributed by atoms with Crippen LogP contribution in [0.2, 0.25) is 0 Å². The van der Waals surface area contributed by atoms with Gasteiger partial charge in [0.05, 0.1) is 0 Å². The molecule has 1 aliphatic rings. The Hall–Kier alpha value is -1.42. The Morgan fingerprint density at radius 3 is 3.05 bits per heavy atom. The Kier molecular flexibility index (Phi) is 5.53. The van der Waals surface area contributed by atoms with E-state index in [2.05, 4.69) is 10.2 Å². The average Bonchev–Trinajstić information content (AvgIpc) is 2.44. The van der Waals surface area contributed by atoms with Crippen LogP contribution in [0.3, 0.4) is 0 Å². The van der Waals surface area contributed by atoms with E-state index in [1.165, 1.54) is 18.9 Å². The molecule has 0 saturated carbocycles. The van der Waals surface area contributed by atoms with E-state index < -0.39 is 0 Å². The summed E-state index contributed by atoms with van der Waals surface area (Å²) in [6.45, 7) is 4.27. The molecule has 3 nitrogen and oxygen atoms in total. The number of piperidine rings is 1. The van der Waals surface area contributed by atoms with Crippen LogP contribution in [0.5, 0.6) is 0 Å². The molecule has 0 radical (unpaired) electrons. The molecule has 0 aliphatic carbocycles. The fourth-order valence-electron chi connectivity index (χ4n) is 2.81. The van der Waals surface area contributed by atoms with Crippen molar-refractivity contribution in [3.63, 3.8) is 0 Å². The Balaban J connectivity index is 1.86. The summed E-state index contributed by atoms with van der Waals surface area (Å²) in [5, 5.41) is 2.91. The number of carbonyl (C=O) groups excluding carboxylic acids is 1. The molecule has 0 bridgehead atoms. The molecule has 1 aromatic rings. The lowest BCUT2D eigenvalue weighted by atomic mass is 10.0. The standard InChI is InChI=1S/C16H23FN2O/c1-13(20)18-12-16-7-2-3-9-19(16)10-8-14-5-4-6-15(17)11-14/h4-6,11,16H,2-3,7-10,12H2,1H3,(H,18,20). The molecular weight excluding hydrogens is 255 g/mol. The zero-order chi connectivity index (χ0) is 14.4. The summed E-state index contributed by atoms with van der Waals surface area (Å²) in [6, 6.07) is 7.23. The summed E-state index contributed by atoms with van der Waals surface area (Å²) in [5.74, 6) is -0.142. The first-order valence-electron chi connectivity index (χ1n) is 7.38. The minimum absolute atomic E-state index is 0.0284. The SMILES string of the molecule is CC(=O)NCC1CCCCN1CCc1cccc(F)c1. The zero-order valence-electron chi connectivity index (χ0n) is 12.1. The predicted octanol–water partition coefficient (Wildman–Crippen LogP) is 2.36. The molecule has 1 heterocycles. The second kappa shape index (κ2) is 7.39. The summed E-state index contributed by atoms with van der Waals surface area (Å²) in [4.78, 5) is 13.5. The number of halogens is 1. The summed E-state index contributed by atoms with van der Waals surface area (Å²) in [6.07, 6.45) is 4.41. The molecule has 2 rings (SSSR count). The Morgan fingerprint density at radius 2 is 2.30 bits per heavy atom. The molecule has 1 saturated heterocycles. The molecule has 1 N–H and O–H groups in total. The van der Waals surface area contributed by atoms with Crippen LogP contribution in [-0.2, 0) is 11.2 Å². The van der Waals surface area contributed by atoms with Gasteiger partial charge in [-0.15, -0.1) is 0 Å². The molecule has 1 fully saturated rings. The third-order valence-corrected chi connectivity index (χ3v) is 3.91. The van der Waals surface area contributed by atoms with Gasteiger partial charge in [-0.2, -0.15) is 0 Å². The fraction of sp³-hybridized carbons (Fsp3) is 0.562. The largest absolute Gasteiger partial charge is 0.355 e. The number of nitrogens with zero attached hydrogens (tertiary/aromatic N) is 1. The second-order valence-electron chi connectivity index (χ2n) is 5.50. The Bertz CT molecular complexity index is 450. The first-order chi connectivity index (χ1) is 9.65. The highest BCUT2D eigenvalue weighted by molar-refractivity contribution is 5.72. The van der Waals surface area contributed by atoms with Gasteiger partial charge in [0.25, 0.3) is 0 Å². The van der Waals surface area contributed by atoms with E-state index in [1.807, 2.05) is 6.07 Å². The minimum atomic E-state index is -0.170. The van der Waals surface area contributed by atoms with Gasteiger partial charge in [-0.05, 0) is 43.5 Å². The van der Waals surface area contributed by atoms with Crippen molar-refractivity contribution in [2.75, 3.05) is 19.6 Å². The molecular formula is C16H23FN2O. The Morgan fingerprint density at radius 1 is 1.45 bits per heavy atom. The van der Waals surface area contributed by atoms with Crippen molar-refractivity contribution in [2.24, 2.45) is 0 Å². The first-order valence-corrected chi connectivity index (χ1v) is 7.38. The predicted molar refractivity (Wildman–Crippen MR) is 78.0 cm³/mol. The van der Waals surface area contributed by atoms with E-state index in [-0.39, 0.29) is 11.7 Å². The average molecular weight is 278 g/mol. The molecule has 0 aromatic heterocycles. The highest BCUT2D eigenvalue weighted by Gasteiger charge is 2.21. The van der Waals surface area contributed by atoms with Crippen molar-refractivity contribution < 1.29 is 9.18 Å². The number of hydrogen-bond acceptors (Lipinski definition) is 2. The van der Waals surface area contributed by atoms with Crippen molar-refractivity contribution in [2.45, 2.75) is 38.6 Å². The first kappa shape index (κ1) is 15.0.